The fourth-order valence-electron chi connectivity index (χ4n) is 1.40. The lowest BCUT2D eigenvalue weighted by Gasteiger charge is -2.27. The predicted molar refractivity (Wildman–Crippen MR) is 60.5 cm³/mol. The second-order valence-electron chi connectivity index (χ2n) is 4.04. The molecule has 3 nitrogen and oxygen atoms in total. The van der Waals surface area contributed by atoms with Gasteiger partial charge in [-0.2, -0.15) is 0 Å². The first-order valence-electron chi connectivity index (χ1n) is 5.32. The van der Waals surface area contributed by atoms with Gasteiger partial charge in [-0.05, 0) is 31.4 Å². The standard InChI is InChI=1S/C12H22O3/c1-4-5-10(2)6-11(3)12(7-13,8-14)9-15/h13-15H,4-5,7-9H2,1-3H3. The maximum atomic E-state index is 9.20. The Morgan fingerprint density at radius 2 is 1.53 bits per heavy atom. The third-order valence-electron chi connectivity index (χ3n) is 2.73. The summed E-state index contributed by atoms with van der Waals surface area (Å²) in [6.45, 7) is 5.03. The highest BCUT2D eigenvalue weighted by molar-refractivity contribution is 5.15. The van der Waals surface area contributed by atoms with Crippen LogP contribution in [0.1, 0.15) is 33.6 Å². The molecule has 3 N–H and O–H groups in total. The molecule has 0 saturated carbocycles. The summed E-state index contributed by atoms with van der Waals surface area (Å²) in [5.74, 6) is 0. The van der Waals surface area contributed by atoms with Crippen LogP contribution in [-0.2, 0) is 0 Å². The van der Waals surface area contributed by atoms with Crippen LogP contribution in [0.2, 0.25) is 0 Å². The molecule has 0 aromatic heterocycles. The third kappa shape index (κ3) is 3.80. The first-order valence-corrected chi connectivity index (χ1v) is 5.32. The van der Waals surface area contributed by atoms with E-state index in [0.29, 0.717) is 5.57 Å². The minimum absolute atomic E-state index is 0.266. The van der Waals surface area contributed by atoms with Gasteiger partial charge in [0, 0.05) is 0 Å². The highest BCUT2D eigenvalue weighted by Crippen LogP contribution is 2.25. The lowest BCUT2D eigenvalue weighted by molar-refractivity contribution is 0.0335. The quantitative estimate of drug-likeness (QED) is 0.583. The summed E-state index contributed by atoms with van der Waals surface area (Å²) in [5, 5.41) is 27.6. The Hall–Kier alpha value is -0.600. The predicted octanol–water partition coefficient (Wildman–Crippen LogP) is 1.24. The van der Waals surface area contributed by atoms with E-state index >= 15 is 0 Å². The van der Waals surface area contributed by atoms with E-state index in [1.165, 1.54) is 0 Å². The molecule has 3 heteroatoms. The van der Waals surface area contributed by atoms with E-state index in [0.717, 1.165) is 18.4 Å². The van der Waals surface area contributed by atoms with Crippen molar-refractivity contribution in [2.24, 2.45) is 5.41 Å². The van der Waals surface area contributed by atoms with Crippen LogP contribution in [0.25, 0.3) is 0 Å². The smallest absolute Gasteiger partial charge is 0.0677 e. The summed E-state index contributed by atoms with van der Waals surface area (Å²) in [4.78, 5) is 0. The second-order valence-corrected chi connectivity index (χ2v) is 4.04. The molecule has 0 amide bonds. The molecule has 0 atom stereocenters. The maximum absolute atomic E-state index is 9.20. The van der Waals surface area contributed by atoms with Crippen molar-refractivity contribution in [1.29, 1.82) is 0 Å². The van der Waals surface area contributed by atoms with Crippen LogP contribution in [-0.4, -0.2) is 35.1 Å². The molecule has 15 heavy (non-hydrogen) atoms. The van der Waals surface area contributed by atoms with Crippen molar-refractivity contribution < 1.29 is 15.3 Å². The normalized spacial score (nSPS) is 11.1. The maximum Gasteiger partial charge on any atom is 0.0677 e. The molecule has 0 spiro atoms. The van der Waals surface area contributed by atoms with Crippen LogP contribution < -0.4 is 0 Å². The van der Waals surface area contributed by atoms with Crippen LogP contribution in [0, 0.1) is 5.41 Å². The summed E-state index contributed by atoms with van der Waals surface area (Å²) in [6.07, 6.45) is 1.98. The zero-order chi connectivity index (χ0) is 11.9. The van der Waals surface area contributed by atoms with Gasteiger partial charge < -0.3 is 15.3 Å². The van der Waals surface area contributed by atoms with Crippen LogP contribution in [0.4, 0.5) is 0 Å². The van der Waals surface area contributed by atoms with Gasteiger partial charge in [0.15, 0.2) is 0 Å². The molecule has 0 aliphatic rings. The summed E-state index contributed by atoms with van der Waals surface area (Å²) in [5.41, 5.74) is 3.98. The number of hydrogen-bond acceptors (Lipinski definition) is 3. The van der Waals surface area contributed by atoms with Crippen molar-refractivity contribution in [3.05, 3.63) is 16.9 Å². The van der Waals surface area contributed by atoms with E-state index in [2.05, 4.69) is 12.7 Å². The third-order valence-corrected chi connectivity index (χ3v) is 2.73. The Morgan fingerprint density at radius 3 is 1.87 bits per heavy atom. The van der Waals surface area contributed by atoms with Gasteiger partial charge in [-0.25, -0.2) is 0 Å². The molecule has 0 fully saturated rings. The van der Waals surface area contributed by atoms with Crippen molar-refractivity contribution >= 4 is 0 Å². The van der Waals surface area contributed by atoms with Gasteiger partial charge in [-0.15, -0.1) is 5.73 Å². The summed E-state index contributed by atoms with van der Waals surface area (Å²) in [7, 11) is 0. The molecular formula is C12H22O3. The van der Waals surface area contributed by atoms with E-state index in [4.69, 9.17) is 0 Å². The van der Waals surface area contributed by atoms with Gasteiger partial charge in [-0.1, -0.05) is 13.3 Å². The molecule has 0 radical (unpaired) electrons. The lowest BCUT2D eigenvalue weighted by atomic mass is 9.83. The summed E-state index contributed by atoms with van der Waals surface area (Å²) >= 11 is 0. The first kappa shape index (κ1) is 14.4. The molecule has 0 aliphatic heterocycles. The molecule has 0 heterocycles. The highest BCUT2D eigenvalue weighted by atomic mass is 16.3. The van der Waals surface area contributed by atoms with E-state index in [-0.39, 0.29) is 19.8 Å². The van der Waals surface area contributed by atoms with Gasteiger partial charge >= 0.3 is 0 Å². The minimum atomic E-state index is -0.936. The number of aliphatic hydroxyl groups is 3. The Morgan fingerprint density at radius 1 is 1.07 bits per heavy atom. The Balaban J connectivity index is 5.08. The molecule has 0 rings (SSSR count). The van der Waals surface area contributed by atoms with Crippen LogP contribution in [0.3, 0.4) is 0 Å². The average Bonchev–Trinajstić information content (AvgIpc) is 2.21. The van der Waals surface area contributed by atoms with Crippen LogP contribution in [0.5, 0.6) is 0 Å². The number of hydrogen-bond donors (Lipinski definition) is 3. The molecule has 0 saturated heterocycles. The topological polar surface area (TPSA) is 60.7 Å². The lowest BCUT2D eigenvalue weighted by Crippen LogP contribution is -2.34. The summed E-state index contributed by atoms with van der Waals surface area (Å²) in [6, 6.07) is 0. The van der Waals surface area contributed by atoms with Gasteiger partial charge in [-0.3, -0.25) is 0 Å². The first-order chi connectivity index (χ1) is 7.06. The zero-order valence-corrected chi connectivity index (χ0v) is 9.88. The van der Waals surface area contributed by atoms with E-state index in [1.54, 1.807) is 6.92 Å². The van der Waals surface area contributed by atoms with Crippen molar-refractivity contribution in [2.75, 3.05) is 19.8 Å². The van der Waals surface area contributed by atoms with Crippen molar-refractivity contribution in [3.63, 3.8) is 0 Å². The largest absolute Gasteiger partial charge is 0.395 e. The van der Waals surface area contributed by atoms with Gasteiger partial charge in [0.25, 0.3) is 0 Å². The van der Waals surface area contributed by atoms with E-state index in [9.17, 15) is 15.3 Å². The highest BCUT2D eigenvalue weighted by Gasteiger charge is 2.30. The van der Waals surface area contributed by atoms with Gasteiger partial charge in [0.2, 0.25) is 0 Å². The van der Waals surface area contributed by atoms with E-state index < -0.39 is 5.41 Å². The molecule has 88 valence electrons. The minimum Gasteiger partial charge on any atom is -0.395 e. The fraction of sp³-hybridized carbons (Fsp3) is 0.750. The monoisotopic (exact) mass is 214 g/mol. The number of rotatable bonds is 6. The van der Waals surface area contributed by atoms with Crippen LogP contribution >= 0.6 is 0 Å². The van der Waals surface area contributed by atoms with Crippen molar-refractivity contribution in [3.8, 4) is 0 Å². The zero-order valence-electron chi connectivity index (χ0n) is 9.88. The molecular weight excluding hydrogens is 192 g/mol. The van der Waals surface area contributed by atoms with Crippen molar-refractivity contribution in [1.82, 2.24) is 0 Å². The fourth-order valence-corrected chi connectivity index (χ4v) is 1.40. The Kier molecular flexibility index (Phi) is 6.53. The molecule has 0 unspecified atom stereocenters. The number of aliphatic hydroxyl groups excluding tert-OH is 3. The molecule has 0 aromatic carbocycles. The van der Waals surface area contributed by atoms with Crippen LogP contribution in [0.15, 0.2) is 16.9 Å². The Bertz CT molecular complexity index is 237. The molecule has 0 aliphatic carbocycles. The SMILES string of the molecule is CCCC(C)=C=C(C)C(CO)(CO)CO. The van der Waals surface area contributed by atoms with Crippen molar-refractivity contribution in [2.45, 2.75) is 33.6 Å². The average molecular weight is 214 g/mol. The van der Waals surface area contributed by atoms with E-state index in [1.807, 2.05) is 6.92 Å². The molecule has 0 bridgehead atoms. The molecule has 0 aromatic rings. The second kappa shape index (κ2) is 6.81. The van der Waals surface area contributed by atoms with Gasteiger partial charge in [0.1, 0.15) is 0 Å². The summed E-state index contributed by atoms with van der Waals surface area (Å²) < 4.78 is 0. The Labute approximate surface area is 91.8 Å². The van der Waals surface area contributed by atoms with Gasteiger partial charge in [0.05, 0.1) is 25.2 Å².